The molecule has 1 aliphatic heterocycles. The first-order valence-electron chi connectivity index (χ1n) is 12.2. The number of aromatic nitrogens is 2. The zero-order chi connectivity index (χ0) is 23.0. The smallest absolute Gasteiger partial charge is 0.251 e. The fourth-order valence-corrected chi connectivity index (χ4v) is 4.51. The van der Waals surface area contributed by atoms with Gasteiger partial charge in [0.2, 0.25) is 5.91 Å². The zero-order valence-electron chi connectivity index (χ0n) is 19.6. The van der Waals surface area contributed by atoms with Gasteiger partial charge in [0.1, 0.15) is 5.82 Å². The lowest BCUT2D eigenvalue weighted by Crippen LogP contribution is -2.32. The molecule has 0 spiro atoms. The van der Waals surface area contributed by atoms with Crippen molar-refractivity contribution < 1.29 is 9.59 Å². The molecular formula is C27H34N4O2. The predicted molar refractivity (Wildman–Crippen MR) is 131 cm³/mol. The van der Waals surface area contributed by atoms with Crippen molar-refractivity contribution in [1.82, 2.24) is 19.8 Å². The van der Waals surface area contributed by atoms with E-state index >= 15 is 0 Å². The van der Waals surface area contributed by atoms with Crippen molar-refractivity contribution in [2.45, 2.75) is 58.4 Å². The molecular weight excluding hydrogens is 412 g/mol. The van der Waals surface area contributed by atoms with Crippen LogP contribution in [0.3, 0.4) is 0 Å². The molecule has 2 aromatic carbocycles. The van der Waals surface area contributed by atoms with Gasteiger partial charge in [-0.15, -0.1) is 0 Å². The second-order valence-corrected chi connectivity index (χ2v) is 8.94. The Balaban J connectivity index is 1.36. The number of fused-ring (bicyclic) bond motifs is 1. The van der Waals surface area contributed by atoms with Crippen molar-refractivity contribution in [2.75, 3.05) is 19.6 Å². The van der Waals surface area contributed by atoms with Crippen LogP contribution in [-0.2, 0) is 17.8 Å². The van der Waals surface area contributed by atoms with Crippen molar-refractivity contribution in [2.24, 2.45) is 0 Å². The lowest BCUT2D eigenvalue weighted by atomic mass is 10.1. The summed E-state index contributed by atoms with van der Waals surface area (Å²) < 4.78 is 2.19. The second-order valence-electron chi connectivity index (χ2n) is 8.94. The van der Waals surface area contributed by atoms with Gasteiger partial charge in [-0.05, 0) is 50.5 Å². The van der Waals surface area contributed by atoms with Crippen molar-refractivity contribution in [1.29, 1.82) is 0 Å². The third-order valence-electron chi connectivity index (χ3n) is 6.42. The van der Waals surface area contributed by atoms with Crippen LogP contribution in [0.15, 0.2) is 48.5 Å². The highest BCUT2D eigenvalue weighted by molar-refractivity contribution is 5.94. The molecule has 1 aromatic heterocycles. The lowest BCUT2D eigenvalue weighted by Gasteiger charge is -2.20. The summed E-state index contributed by atoms with van der Waals surface area (Å²) in [5.41, 5.74) is 3.85. The Kier molecular flexibility index (Phi) is 7.76. The van der Waals surface area contributed by atoms with Gasteiger partial charge in [-0.3, -0.25) is 9.59 Å². The Morgan fingerprint density at radius 3 is 2.45 bits per heavy atom. The number of hydrogen-bond donors (Lipinski definition) is 1. The van der Waals surface area contributed by atoms with E-state index in [0.717, 1.165) is 61.2 Å². The van der Waals surface area contributed by atoms with Gasteiger partial charge in [-0.1, -0.05) is 42.7 Å². The van der Waals surface area contributed by atoms with Crippen LogP contribution in [0.5, 0.6) is 0 Å². The van der Waals surface area contributed by atoms with Gasteiger partial charge in [0.25, 0.3) is 5.91 Å². The van der Waals surface area contributed by atoms with Crippen LogP contribution in [0.2, 0.25) is 0 Å². The molecule has 1 saturated heterocycles. The van der Waals surface area contributed by atoms with Crippen LogP contribution < -0.4 is 5.32 Å². The van der Waals surface area contributed by atoms with E-state index < -0.39 is 0 Å². The van der Waals surface area contributed by atoms with Crippen molar-refractivity contribution in [3.05, 3.63) is 65.5 Å². The average molecular weight is 447 g/mol. The predicted octanol–water partition coefficient (Wildman–Crippen LogP) is 4.50. The molecule has 6 nitrogen and oxygen atoms in total. The molecule has 0 saturated carbocycles. The molecule has 0 bridgehead atoms. The average Bonchev–Trinajstić information content (AvgIpc) is 2.98. The van der Waals surface area contributed by atoms with Crippen LogP contribution in [0.25, 0.3) is 11.0 Å². The maximum atomic E-state index is 12.8. The van der Waals surface area contributed by atoms with E-state index in [-0.39, 0.29) is 11.8 Å². The molecule has 3 aromatic rings. The van der Waals surface area contributed by atoms with E-state index in [0.29, 0.717) is 25.1 Å². The largest absolute Gasteiger partial charge is 0.352 e. The Labute approximate surface area is 196 Å². The normalized spacial score (nSPS) is 14.3. The summed E-state index contributed by atoms with van der Waals surface area (Å²) in [7, 11) is 0. The quantitative estimate of drug-likeness (QED) is 0.518. The van der Waals surface area contributed by atoms with Gasteiger partial charge < -0.3 is 14.8 Å². The van der Waals surface area contributed by atoms with Crippen molar-refractivity contribution >= 4 is 22.8 Å². The number of amides is 2. The van der Waals surface area contributed by atoms with Crippen molar-refractivity contribution in [3.63, 3.8) is 0 Å². The van der Waals surface area contributed by atoms with Gasteiger partial charge in [0, 0.05) is 44.6 Å². The van der Waals surface area contributed by atoms with Crippen LogP contribution >= 0.6 is 0 Å². The lowest BCUT2D eigenvalue weighted by molar-refractivity contribution is -0.131. The molecule has 0 aliphatic carbocycles. The fourth-order valence-electron chi connectivity index (χ4n) is 4.51. The Morgan fingerprint density at radius 1 is 0.970 bits per heavy atom. The molecule has 2 amide bonds. The highest BCUT2D eigenvalue weighted by Gasteiger charge is 2.17. The summed E-state index contributed by atoms with van der Waals surface area (Å²) in [5, 5.41) is 3.00. The van der Waals surface area contributed by atoms with E-state index in [1.165, 1.54) is 12.8 Å². The minimum Gasteiger partial charge on any atom is -0.352 e. The van der Waals surface area contributed by atoms with Gasteiger partial charge in [0.05, 0.1) is 11.0 Å². The van der Waals surface area contributed by atoms with E-state index in [4.69, 9.17) is 4.98 Å². The molecule has 0 radical (unpaired) electrons. The number of carbonyl (C=O) groups is 2. The zero-order valence-corrected chi connectivity index (χ0v) is 19.6. The number of nitrogens with zero attached hydrogens (tertiary/aromatic N) is 3. The molecule has 1 aliphatic rings. The molecule has 1 fully saturated rings. The van der Waals surface area contributed by atoms with E-state index in [1.54, 1.807) is 0 Å². The number of likely N-dealkylation sites (tertiary alicyclic amines) is 1. The summed E-state index contributed by atoms with van der Waals surface area (Å²) in [6.07, 6.45) is 6.71. The number of hydrogen-bond acceptors (Lipinski definition) is 3. The molecule has 174 valence electrons. The van der Waals surface area contributed by atoms with E-state index in [1.807, 2.05) is 54.3 Å². The number of aryl methyl sites for hydroxylation is 3. The van der Waals surface area contributed by atoms with E-state index in [9.17, 15) is 9.59 Å². The maximum Gasteiger partial charge on any atom is 0.251 e. The molecule has 2 heterocycles. The van der Waals surface area contributed by atoms with Crippen LogP contribution in [0, 0.1) is 6.92 Å². The summed E-state index contributed by atoms with van der Waals surface area (Å²) >= 11 is 0. The maximum absolute atomic E-state index is 12.8. The first-order chi connectivity index (χ1) is 16.1. The minimum absolute atomic E-state index is 0.0495. The summed E-state index contributed by atoms with van der Waals surface area (Å²) in [5.74, 6) is 1.17. The summed E-state index contributed by atoms with van der Waals surface area (Å²) in [6.45, 7) is 5.01. The van der Waals surface area contributed by atoms with Gasteiger partial charge >= 0.3 is 0 Å². The number of para-hydroxylation sites is 2. The highest BCUT2D eigenvalue weighted by atomic mass is 16.2. The summed E-state index contributed by atoms with van der Waals surface area (Å²) in [6, 6.07) is 15.7. The molecule has 33 heavy (non-hydrogen) atoms. The van der Waals surface area contributed by atoms with E-state index in [2.05, 4.69) is 16.0 Å². The number of imidazole rings is 1. The van der Waals surface area contributed by atoms with Crippen molar-refractivity contribution in [3.8, 4) is 0 Å². The molecule has 6 heteroatoms. The molecule has 0 atom stereocenters. The monoisotopic (exact) mass is 446 g/mol. The number of rotatable bonds is 8. The van der Waals surface area contributed by atoms with Gasteiger partial charge in [0.15, 0.2) is 0 Å². The van der Waals surface area contributed by atoms with Gasteiger partial charge in [-0.25, -0.2) is 4.98 Å². The molecule has 0 unspecified atom stereocenters. The van der Waals surface area contributed by atoms with Crippen LogP contribution in [0.4, 0.5) is 0 Å². The van der Waals surface area contributed by atoms with Crippen LogP contribution in [0.1, 0.15) is 60.3 Å². The minimum atomic E-state index is -0.0495. The topological polar surface area (TPSA) is 67.2 Å². The van der Waals surface area contributed by atoms with Gasteiger partial charge in [-0.2, -0.15) is 0 Å². The number of nitrogens with one attached hydrogen (secondary N) is 1. The standard InChI is InChI=1S/C27H34N4O2/c1-21-12-14-22(15-13-21)27(33)28-17-8-11-25-29-23-9-4-5-10-24(23)31(25)20-16-26(32)30-18-6-2-3-7-19-30/h4-5,9-10,12-15H,2-3,6-8,11,16-20H2,1H3,(H,28,33). The SMILES string of the molecule is Cc1ccc(C(=O)NCCCc2nc3ccccc3n2CCC(=O)N2CCCCCC2)cc1. The Bertz CT molecular complexity index is 1080. The first kappa shape index (κ1) is 23.0. The molecule has 4 rings (SSSR count). The molecule has 1 N–H and O–H groups in total. The number of benzene rings is 2. The fraction of sp³-hybridized carbons (Fsp3) is 0.444. The second kappa shape index (κ2) is 11.1. The van der Waals surface area contributed by atoms with Crippen LogP contribution in [-0.4, -0.2) is 45.9 Å². The summed E-state index contributed by atoms with van der Waals surface area (Å²) in [4.78, 5) is 32.0. The first-order valence-corrected chi connectivity index (χ1v) is 12.2. The third kappa shape index (κ3) is 6.01. The third-order valence-corrected chi connectivity index (χ3v) is 6.42. The number of carbonyl (C=O) groups excluding carboxylic acids is 2. The Morgan fingerprint density at radius 2 is 1.70 bits per heavy atom. The highest BCUT2D eigenvalue weighted by Crippen LogP contribution is 2.19. The Hall–Kier alpha value is -3.15.